The first kappa shape index (κ1) is 25.3. The number of amides is 3. The SMILES string of the molecule is COc1ccc(C=C2SC(=S)N(CCCCCC(=O)NNC(=O)c3cccc(O)c3)C2=O)cc1. The van der Waals surface area contributed by atoms with Gasteiger partial charge in [0.15, 0.2) is 0 Å². The lowest BCUT2D eigenvalue weighted by molar-refractivity contribution is -0.123. The third kappa shape index (κ3) is 7.06. The summed E-state index contributed by atoms with van der Waals surface area (Å²) in [4.78, 5) is 38.8. The number of thiocarbonyl (C=S) groups is 1. The van der Waals surface area contributed by atoms with E-state index < -0.39 is 5.91 Å². The molecule has 10 heteroatoms. The molecule has 8 nitrogen and oxygen atoms in total. The summed E-state index contributed by atoms with van der Waals surface area (Å²) in [7, 11) is 1.60. The van der Waals surface area contributed by atoms with Gasteiger partial charge in [-0.25, -0.2) is 0 Å². The molecule has 2 aromatic rings. The molecule has 0 saturated carbocycles. The third-order valence-electron chi connectivity index (χ3n) is 5.00. The molecule has 0 atom stereocenters. The Hall–Kier alpha value is -3.37. The molecular formula is C24H25N3O5S2. The Morgan fingerprint density at radius 2 is 1.88 bits per heavy atom. The molecule has 0 bridgehead atoms. The summed E-state index contributed by atoms with van der Waals surface area (Å²) in [5.41, 5.74) is 5.81. The number of nitrogens with one attached hydrogen (secondary N) is 2. The number of thioether (sulfide) groups is 1. The molecule has 1 fully saturated rings. The Balaban J connectivity index is 1.36. The van der Waals surface area contributed by atoms with E-state index >= 15 is 0 Å². The van der Waals surface area contributed by atoms with Gasteiger partial charge in [-0.2, -0.15) is 0 Å². The number of ether oxygens (including phenoxy) is 1. The van der Waals surface area contributed by atoms with Crippen molar-refractivity contribution in [3.8, 4) is 11.5 Å². The smallest absolute Gasteiger partial charge is 0.269 e. The number of carbonyl (C=O) groups excluding carboxylic acids is 3. The molecule has 3 N–H and O–H groups in total. The van der Waals surface area contributed by atoms with Gasteiger partial charge in [0, 0.05) is 18.5 Å². The van der Waals surface area contributed by atoms with Gasteiger partial charge in [-0.1, -0.05) is 48.6 Å². The highest BCUT2D eigenvalue weighted by molar-refractivity contribution is 8.26. The van der Waals surface area contributed by atoms with Gasteiger partial charge in [0.2, 0.25) is 5.91 Å². The van der Waals surface area contributed by atoms with Crippen LogP contribution in [0.2, 0.25) is 0 Å². The van der Waals surface area contributed by atoms with Crippen molar-refractivity contribution in [3.63, 3.8) is 0 Å². The van der Waals surface area contributed by atoms with Crippen molar-refractivity contribution in [2.75, 3.05) is 13.7 Å². The van der Waals surface area contributed by atoms with Crippen LogP contribution in [-0.4, -0.2) is 45.7 Å². The van der Waals surface area contributed by atoms with Crippen molar-refractivity contribution in [3.05, 3.63) is 64.6 Å². The fraction of sp³-hybridized carbons (Fsp3) is 0.250. The number of nitrogens with zero attached hydrogens (tertiary/aromatic N) is 1. The van der Waals surface area contributed by atoms with Crippen LogP contribution in [0.15, 0.2) is 53.4 Å². The van der Waals surface area contributed by atoms with E-state index in [1.54, 1.807) is 18.1 Å². The Labute approximate surface area is 207 Å². The molecule has 3 rings (SSSR count). The van der Waals surface area contributed by atoms with E-state index in [1.165, 1.54) is 30.0 Å². The summed E-state index contributed by atoms with van der Waals surface area (Å²) in [5, 5.41) is 9.41. The zero-order valence-corrected chi connectivity index (χ0v) is 20.2. The minimum Gasteiger partial charge on any atom is -0.508 e. The van der Waals surface area contributed by atoms with Gasteiger partial charge in [0.25, 0.3) is 11.8 Å². The second-order valence-corrected chi connectivity index (χ2v) is 9.15. The minimum atomic E-state index is -0.513. The molecule has 0 spiro atoms. The van der Waals surface area contributed by atoms with Crippen LogP contribution in [0.3, 0.4) is 0 Å². The summed E-state index contributed by atoms with van der Waals surface area (Å²) in [6.45, 7) is 0.487. The van der Waals surface area contributed by atoms with E-state index in [0.717, 1.165) is 17.7 Å². The molecule has 0 aromatic heterocycles. The van der Waals surface area contributed by atoms with Crippen molar-refractivity contribution in [1.82, 2.24) is 15.8 Å². The largest absolute Gasteiger partial charge is 0.508 e. The predicted octanol–water partition coefficient (Wildman–Crippen LogP) is 3.62. The molecule has 1 heterocycles. The molecule has 3 amide bonds. The van der Waals surface area contributed by atoms with E-state index in [9.17, 15) is 19.5 Å². The van der Waals surface area contributed by atoms with Gasteiger partial charge >= 0.3 is 0 Å². The van der Waals surface area contributed by atoms with Crippen molar-refractivity contribution in [2.45, 2.75) is 25.7 Å². The predicted molar refractivity (Wildman–Crippen MR) is 135 cm³/mol. The van der Waals surface area contributed by atoms with Gasteiger partial charge < -0.3 is 9.84 Å². The van der Waals surface area contributed by atoms with Crippen LogP contribution in [0.1, 0.15) is 41.6 Å². The molecule has 1 aliphatic rings. The summed E-state index contributed by atoms with van der Waals surface area (Å²) in [6.07, 6.45) is 4.07. The number of aromatic hydroxyl groups is 1. The standard InChI is InChI=1S/C24H25N3O5S2/c1-32-19-11-9-16(10-12-19)14-20-23(31)27(24(33)34-20)13-4-2-3-8-21(29)25-26-22(30)17-6-5-7-18(28)15-17/h5-7,9-12,14-15,28H,2-4,8,13H2,1H3,(H,25,29)(H,26,30). The molecule has 1 aliphatic heterocycles. The lowest BCUT2D eigenvalue weighted by Gasteiger charge is -2.14. The number of phenolic OH excluding ortho intramolecular Hbond substituents is 1. The zero-order valence-electron chi connectivity index (χ0n) is 18.6. The van der Waals surface area contributed by atoms with Crippen LogP contribution in [-0.2, 0) is 9.59 Å². The monoisotopic (exact) mass is 499 g/mol. The quantitative estimate of drug-likeness (QED) is 0.209. The maximum Gasteiger partial charge on any atom is 0.269 e. The summed E-state index contributed by atoms with van der Waals surface area (Å²) in [6, 6.07) is 13.3. The lowest BCUT2D eigenvalue weighted by atomic mass is 10.1. The summed E-state index contributed by atoms with van der Waals surface area (Å²) >= 11 is 6.65. The third-order valence-corrected chi connectivity index (χ3v) is 6.37. The second kappa shape index (κ2) is 12.2. The van der Waals surface area contributed by atoms with E-state index in [2.05, 4.69) is 10.9 Å². The van der Waals surface area contributed by atoms with Crippen molar-refractivity contribution >= 4 is 52.1 Å². The van der Waals surface area contributed by atoms with E-state index in [4.69, 9.17) is 17.0 Å². The van der Waals surface area contributed by atoms with Crippen LogP contribution in [0.25, 0.3) is 6.08 Å². The Bertz CT molecular complexity index is 1100. The molecule has 2 aromatic carbocycles. The highest BCUT2D eigenvalue weighted by atomic mass is 32.2. The lowest BCUT2D eigenvalue weighted by Crippen LogP contribution is -2.41. The molecule has 0 aliphatic carbocycles. The van der Waals surface area contributed by atoms with E-state index in [0.29, 0.717) is 28.6 Å². The highest BCUT2D eigenvalue weighted by Crippen LogP contribution is 2.33. The summed E-state index contributed by atoms with van der Waals surface area (Å²) in [5.74, 6) is -0.227. The van der Waals surface area contributed by atoms with Gasteiger partial charge in [0.1, 0.15) is 15.8 Å². The number of hydrazine groups is 1. The van der Waals surface area contributed by atoms with Crippen molar-refractivity contribution in [2.24, 2.45) is 0 Å². The number of rotatable bonds is 9. The van der Waals surface area contributed by atoms with Gasteiger partial charge in [0.05, 0.1) is 12.0 Å². The van der Waals surface area contributed by atoms with Crippen LogP contribution < -0.4 is 15.6 Å². The van der Waals surface area contributed by atoms with Gasteiger partial charge in [-0.3, -0.25) is 30.1 Å². The molecule has 0 radical (unpaired) electrons. The number of phenols is 1. The number of methoxy groups -OCH3 is 1. The Kier molecular flexibility index (Phi) is 9.06. The van der Waals surface area contributed by atoms with Gasteiger partial charge in [-0.05, 0) is 54.8 Å². The average Bonchev–Trinajstić information content (AvgIpc) is 3.10. The summed E-state index contributed by atoms with van der Waals surface area (Å²) < 4.78 is 5.67. The minimum absolute atomic E-state index is 0.0308. The molecule has 1 saturated heterocycles. The van der Waals surface area contributed by atoms with Gasteiger partial charge in [-0.15, -0.1) is 0 Å². The average molecular weight is 500 g/mol. The fourth-order valence-electron chi connectivity index (χ4n) is 3.18. The van der Waals surface area contributed by atoms with E-state index in [-0.39, 0.29) is 29.5 Å². The first-order chi connectivity index (χ1) is 16.4. The number of carbonyl (C=O) groups is 3. The first-order valence-corrected chi connectivity index (χ1v) is 11.9. The Morgan fingerprint density at radius 3 is 2.59 bits per heavy atom. The number of hydrogen-bond acceptors (Lipinski definition) is 7. The number of benzene rings is 2. The van der Waals surface area contributed by atoms with E-state index in [1.807, 2.05) is 30.3 Å². The second-order valence-electron chi connectivity index (χ2n) is 7.47. The maximum absolute atomic E-state index is 12.7. The molecular weight excluding hydrogens is 474 g/mol. The van der Waals surface area contributed by atoms with Crippen molar-refractivity contribution < 1.29 is 24.2 Å². The van der Waals surface area contributed by atoms with Crippen LogP contribution in [0.4, 0.5) is 0 Å². The first-order valence-electron chi connectivity index (χ1n) is 10.6. The molecule has 178 valence electrons. The number of unbranched alkanes of at least 4 members (excludes halogenated alkanes) is 2. The highest BCUT2D eigenvalue weighted by Gasteiger charge is 2.31. The maximum atomic E-state index is 12.7. The Morgan fingerprint density at radius 1 is 1.12 bits per heavy atom. The van der Waals surface area contributed by atoms with Crippen LogP contribution >= 0.6 is 24.0 Å². The normalized spacial score (nSPS) is 14.4. The molecule has 34 heavy (non-hydrogen) atoms. The fourth-order valence-corrected chi connectivity index (χ4v) is 4.49. The molecule has 0 unspecified atom stereocenters. The number of hydrogen-bond donors (Lipinski definition) is 3. The van der Waals surface area contributed by atoms with Crippen LogP contribution in [0.5, 0.6) is 11.5 Å². The van der Waals surface area contributed by atoms with Crippen LogP contribution in [0, 0.1) is 0 Å². The zero-order chi connectivity index (χ0) is 24.5. The van der Waals surface area contributed by atoms with Crippen molar-refractivity contribution in [1.29, 1.82) is 0 Å². The topological polar surface area (TPSA) is 108 Å².